The van der Waals surface area contributed by atoms with Gasteiger partial charge in [0.1, 0.15) is 0 Å². The minimum absolute atomic E-state index is 0.0579. The van der Waals surface area contributed by atoms with Crippen molar-refractivity contribution in [3.8, 4) is 12.3 Å². The molecule has 0 aromatic heterocycles. The van der Waals surface area contributed by atoms with Gasteiger partial charge in [-0.2, -0.15) is 26.3 Å². The van der Waals surface area contributed by atoms with Gasteiger partial charge >= 0.3 is 18.4 Å². The van der Waals surface area contributed by atoms with E-state index in [1.54, 1.807) is 23.1 Å². The number of urea groups is 1. The lowest BCUT2D eigenvalue weighted by Gasteiger charge is -2.38. The number of likely N-dealkylation sites (tertiary alicyclic amines) is 1. The summed E-state index contributed by atoms with van der Waals surface area (Å²) in [6.45, 7) is 0.162. The molecule has 182 valence electrons. The minimum Gasteiger partial charge on any atom is -0.373 e. The zero-order valence-electron chi connectivity index (χ0n) is 17.9. The van der Waals surface area contributed by atoms with Crippen LogP contribution in [0.25, 0.3) is 0 Å². The highest BCUT2D eigenvalue weighted by molar-refractivity contribution is 5.74. The second-order valence-electron chi connectivity index (χ2n) is 7.88. The van der Waals surface area contributed by atoms with Crippen LogP contribution in [0.4, 0.5) is 31.1 Å². The number of rotatable bonds is 5. The number of benzene rings is 2. The SMILES string of the molecule is C#CCNC(=O)N1CCC(OCc2cc(C(F)(F)F)cc(C(F)(F)F)c2)C(c2ccccc2)C1. The van der Waals surface area contributed by atoms with Gasteiger partial charge < -0.3 is 15.0 Å². The number of amides is 2. The number of alkyl halides is 6. The van der Waals surface area contributed by atoms with Gasteiger partial charge in [0.15, 0.2) is 0 Å². The van der Waals surface area contributed by atoms with Crippen molar-refractivity contribution in [2.45, 2.75) is 37.4 Å². The number of hydrogen-bond acceptors (Lipinski definition) is 2. The normalized spacial score (nSPS) is 18.9. The van der Waals surface area contributed by atoms with Crippen LogP contribution in [-0.2, 0) is 23.7 Å². The number of ether oxygens (including phenoxy) is 1. The van der Waals surface area contributed by atoms with Crippen molar-refractivity contribution >= 4 is 6.03 Å². The summed E-state index contributed by atoms with van der Waals surface area (Å²) in [5, 5.41) is 2.58. The van der Waals surface area contributed by atoms with Gasteiger partial charge in [-0.3, -0.25) is 0 Å². The van der Waals surface area contributed by atoms with Gasteiger partial charge in [0.25, 0.3) is 0 Å². The Kier molecular flexibility index (Phi) is 7.77. The van der Waals surface area contributed by atoms with Crippen LogP contribution >= 0.6 is 0 Å². The van der Waals surface area contributed by atoms with Crippen molar-refractivity contribution in [2.75, 3.05) is 19.6 Å². The van der Waals surface area contributed by atoms with Crippen LogP contribution in [0.5, 0.6) is 0 Å². The van der Waals surface area contributed by atoms with Gasteiger partial charge in [-0.05, 0) is 35.7 Å². The maximum Gasteiger partial charge on any atom is 0.416 e. The number of carbonyl (C=O) groups is 1. The van der Waals surface area contributed by atoms with E-state index in [9.17, 15) is 31.1 Å². The molecule has 2 unspecified atom stereocenters. The molecular weight excluding hydrogens is 462 g/mol. The molecule has 1 aliphatic rings. The van der Waals surface area contributed by atoms with E-state index in [0.717, 1.165) is 5.56 Å². The molecular formula is C24H22F6N2O2. The molecule has 34 heavy (non-hydrogen) atoms. The highest BCUT2D eigenvalue weighted by Gasteiger charge is 2.37. The number of halogens is 6. The topological polar surface area (TPSA) is 41.6 Å². The Labute approximate surface area is 192 Å². The van der Waals surface area contributed by atoms with Crippen LogP contribution in [0.3, 0.4) is 0 Å². The minimum atomic E-state index is -4.93. The predicted molar refractivity (Wildman–Crippen MR) is 113 cm³/mol. The van der Waals surface area contributed by atoms with Crippen LogP contribution < -0.4 is 5.32 Å². The lowest BCUT2D eigenvalue weighted by molar-refractivity contribution is -0.143. The van der Waals surface area contributed by atoms with E-state index in [1.165, 1.54) is 0 Å². The van der Waals surface area contributed by atoms with Crippen LogP contribution in [0, 0.1) is 12.3 Å². The van der Waals surface area contributed by atoms with Gasteiger partial charge in [-0.25, -0.2) is 4.79 Å². The number of piperidine rings is 1. The molecule has 1 aliphatic heterocycles. The van der Waals surface area contributed by atoms with Crippen molar-refractivity contribution < 1.29 is 35.9 Å². The molecule has 1 saturated heterocycles. The van der Waals surface area contributed by atoms with E-state index < -0.39 is 36.2 Å². The number of nitrogens with zero attached hydrogens (tertiary/aromatic N) is 1. The third-order valence-corrected chi connectivity index (χ3v) is 5.52. The summed E-state index contributed by atoms with van der Waals surface area (Å²) in [4.78, 5) is 13.9. The van der Waals surface area contributed by atoms with Crippen molar-refractivity contribution in [3.05, 3.63) is 70.8 Å². The predicted octanol–water partition coefficient (Wildman–Crippen LogP) is 5.44. The molecule has 0 aliphatic carbocycles. The van der Waals surface area contributed by atoms with Gasteiger partial charge in [-0.1, -0.05) is 36.3 Å². The fraction of sp³-hybridized carbons (Fsp3) is 0.375. The molecule has 2 aromatic rings. The Balaban J connectivity index is 1.81. The van der Waals surface area contributed by atoms with Crippen LogP contribution in [0.1, 0.15) is 34.6 Å². The zero-order chi connectivity index (χ0) is 24.9. The van der Waals surface area contributed by atoms with E-state index in [2.05, 4.69) is 11.2 Å². The Morgan fingerprint density at radius 3 is 2.24 bits per heavy atom. The Morgan fingerprint density at radius 2 is 1.68 bits per heavy atom. The highest BCUT2D eigenvalue weighted by Crippen LogP contribution is 2.37. The first kappa shape index (κ1) is 25.4. The summed E-state index contributed by atoms with van der Waals surface area (Å²) < 4.78 is 84.8. The second-order valence-corrected chi connectivity index (χ2v) is 7.88. The summed E-state index contributed by atoms with van der Waals surface area (Å²) in [5.74, 6) is 1.98. The molecule has 1 fully saturated rings. The number of terminal acetylenes is 1. The molecule has 0 spiro atoms. The maximum atomic E-state index is 13.2. The summed E-state index contributed by atoms with van der Waals surface area (Å²) >= 11 is 0. The lowest BCUT2D eigenvalue weighted by atomic mass is 9.88. The van der Waals surface area contributed by atoms with Crippen LogP contribution in [0.15, 0.2) is 48.5 Å². The average molecular weight is 484 g/mol. The second kappa shape index (κ2) is 10.4. The van der Waals surface area contributed by atoms with Crippen molar-refractivity contribution in [1.82, 2.24) is 10.2 Å². The van der Waals surface area contributed by atoms with Crippen molar-refractivity contribution in [1.29, 1.82) is 0 Å². The lowest BCUT2D eigenvalue weighted by Crippen LogP contribution is -2.49. The molecule has 1 heterocycles. The molecule has 3 rings (SSSR count). The van der Waals surface area contributed by atoms with Crippen molar-refractivity contribution in [2.24, 2.45) is 0 Å². The first-order valence-corrected chi connectivity index (χ1v) is 10.4. The van der Waals surface area contributed by atoms with Crippen LogP contribution in [-0.4, -0.2) is 36.7 Å². The Hall–Kier alpha value is -3.19. The van der Waals surface area contributed by atoms with Crippen molar-refractivity contribution in [3.63, 3.8) is 0 Å². The van der Waals surface area contributed by atoms with E-state index in [0.29, 0.717) is 25.1 Å². The first-order chi connectivity index (χ1) is 16.0. The Bertz CT molecular complexity index is 998. The van der Waals surface area contributed by atoms with Gasteiger partial charge in [-0.15, -0.1) is 6.42 Å². The first-order valence-electron chi connectivity index (χ1n) is 10.4. The fourth-order valence-corrected chi connectivity index (χ4v) is 3.88. The average Bonchev–Trinajstić information content (AvgIpc) is 2.80. The molecule has 4 nitrogen and oxygen atoms in total. The summed E-state index contributed by atoms with van der Waals surface area (Å²) in [7, 11) is 0. The molecule has 1 N–H and O–H groups in total. The Morgan fingerprint density at radius 1 is 1.06 bits per heavy atom. The number of nitrogens with one attached hydrogen (secondary N) is 1. The van der Waals surface area contributed by atoms with Crippen LogP contribution in [0.2, 0.25) is 0 Å². The van der Waals surface area contributed by atoms with E-state index in [1.807, 2.05) is 12.1 Å². The number of carbonyl (C=O) groups excluding carboxylic acids is 1. The number of hydrogen-bond donors (Lipinski definition) is 1. The molecule has 10 heteroatoms. The third kappa shape index (κ3) is 6.44. The monoisotopic (exact) mass is 484 g/mol. The third-order valence-electron chi connectivity index (χ3n) is 5.52. The van der Waals surface area contributed by atoms with Gasteiger partial charge in [0.05, 0.1) is 30.4 Å². The highest BCUT2D eigenvalue weighted by atomic mass is 19.4. The fourth-order valence-electron chi connectivity index (χ4n) is 3.88. The molecule has 2 amide bonds. The summed E-state index contributed by atoms with van der Waals surface area (Å²) in [6, 6.07) is 10.1. The van der Waals surface area contributed by atoms with E-state index >= 15 is 0 Å². The standard InChI is InChI=1S/C24H22F6N2O2/c1-2-9-31-22(33)32-10-8-21(20(14-32)17-6-4-3-5-7-17)34-15-16-11-18(23(25,26)27)13-19(12-16)24(28,29)30/h1,3-7,11-13,20-21H,8-10,14-15H2,(H,31,33). The zero-order valence-corrected chi connectivity index (χ0v) is 17.9. The van der Waals surface area contributed by atoms with Gasteiger partial charge in [0.2, 0.25) is 0 Å². The summed E-state index contributed by atoms with van der Waals surface area (Å²) in [6.07, 6.45) is -4.87. The molecule has 0 bridgehead atoms. The molecule has 2 aromatic carbocycles. The largest absolute Gasteiger partial charge is 0.416 e. The maximum absolute atomic E-state index is 13.2. The molecule has 0 radical (unpaired) electrons. The summed E-state index contributed by atoms with van der Waals surface area (Å²) in [5.41, 5.74) is -2.17. The molecule has 0 saturated carbocycles. The van der Waals surface area contributed by atoms with Gasteiger partial charge in [0, 0.05) is 19.0 Å². The molecule has 2 atom stereocenters. The smallest absolute Gasteiger partial charge is 0.373 e. The van der Waals surface area contributed by atoms with E-state index in [-0.39, 0.29) is 36.7 Å². The van der Waals surface area contributed by atoms with E-state index in [4.69, 9.17) is 11.2 Å². The quantitative estimate of drug-likeness (QED) is 0.454.